The van der Waals surface area contributed by atoms with Gasteiger partial charge in [-0.05, 0) is 82.5 Å². The minimum Gasteiger partial charge on any atom is -0.378 e. The summed E-state index contributed by atoms with van der Waals surface area (Å²) in [5.41, 5.74) is 2.54. The van der Waals surface area contributed by atoms with Gasteiger partial charge in [-0.3, -0.25) is 4.79 Å². The van der Waals surface area contributed by atoms with Crippen molar-refractivity contribution >= 4 is 35.2 Å². The Balaban J connectivity index is 1.21. The van der Waals surface area contributed by atoms with E-state index in [1.165, 1.54) is 0 Å². The van der Waals surface area contributed by atoms with E-state index in [-0.39, 0.29) is 11.9 Å². The van der Waals surface area contributed by atoms with Crippen molar-refractivity contribution in [1.29, 1.82) is 0 Å². The summed E-state index contributed by atoms with van der Waals surface area (Å²) in [4.78, 5) is 45.8. The van der Waals surface area contributed by atoms with E-state index in [9.17, 15) is 9.59 Å². The zero-order chi connectivity index (χ0) is 30.9. The number of aromatic nitrogens is 3. The molecule has 0 spiro atoms. The number of nitrogens with one attached hydrogen (secondary N) is 3. The number of morpholine rings is 2. The molecule has 2 aromatic carbocycles. The molecule has 3 aromatic rings. The topological polar surface area (TPSA) is 137 Å². The molecule has 234 valence electrons. The van der Waals surface area contributed by atoms with Gasteiger partial charge in [-0.15, -0.1) is 0 Å². The number of nitrogens with zero attached hydrogens (tertiary/aromatic N) is 6. The first-order valence-corrected chi connectivity index (χ1v) is 15.0. The van der Waals surface area contributed by atoms with Gasteiger partial charge in [0.15, 0.2) is 5.82 Å². The molecule has 0 aliphatic carbocycles. The smallest absolute Gasteiger partial charge is 0.323 e. The molecular weight excluding hydrogens is 562 g/mol. The van der Waals surface area contributed by atoms with Gasteiger partial charge in [0.1, 0.15) is 0 Å². The fraction of sp³-hybridized carbons (Fsp3) is 0.452. The highest BCUT2D eigenvalue weighted by Gasteiger charge is 2.25. The number of anilines is 4. The Morgan fingerprint density at radius 2 is 1.50 bits per heavy atom. The Morgan fingerprint density at radius 1 is 0.864 bits per heavy atom. The van der Waals surface area contributed by atoms with Gasteiger partial charge in [0.05, 0.1) is 32.5 Å². The van der Waals surface area contributed by atoms with E-state index in [1.807, 2.05) is 38.4 Å². The maximum Gasteiger partial charge on any atom is 0.323 e. The van der Waals surface area contributed by atoms with Gasteiger partial charge in [-0.1, -0.05) is 0 Å². The quantitative estimate of drug-likeness (QED) is 0.297. The third kappa shape index (κ3) is 8.40. The van der Waals surface area contributed by atoms with Gasteiger partial charge in [0.25, 0.3) is 5.91 Å². The Kier molecular flexibility index (Phi) is 10.5. The normalized spacial score (nSPS) is 17.0. The van der Waals surface area contributed by atoms with Crippen LogP contribution in [0, 0.1) is 0 Å². The van der Waals surface area contributed by atoms with Crippen LogP contribution in [-0.4, -0.2) is 111 Å². The number of hydrogen-bond acceptors (Lipinski definition) is 10. The van der Waals surface area contributed by atoms with Crippen molar-refractivity contribution in [1.82, 2.24) is 25.2 Å². The Labute approximate surface area is 258 Å². The minimum absolute atomic E-state index is 0.137. The number of hydrogen-bond donors (Lipinski definition) is 3. The van der Waals surface area contributed by atoms with Gasteiger partial charge in [-0.2, -0.15) is 15.0 Å². The summed E-state index contributed by atoms with van der Waals surface area (Å²) >= 11 is 0. The molecule has 0 radical (unpaired) electrons. The van der Waals surface area contributed by atoms with Crippen LogP contribution in [0.3, 0.4) is 0 Å². The number of carbonyl (C=O) groups excluding carboxylic acids is 2. The SMILES string of the molecule is C[C@H]1COCCN1c1nc(-c2ccc(NC(=O)Nc3ccc(C(=O)NCCCN(C)C)cc3)cc2)nc(N2CCOCC2)n1. The lowest BCUT2D eigenvalue weighted by molar-refractivity contribution is 0.0952. The number of benzene rings is 2. The first-order chi connectivity index (χ1) is 21.4. The first-order valence-electron chi connectivity index (χ1n) is 15.0. The van der Waals surface area contributed by atoms with Gasteiger partial charge >= 0.3 is 6.03 Å². The summed E-state index contributed by atoms with van der Waals surface area (Å²) in [6.07, 6.45) is 0.874. The van der Waals surface area contributed by atoms with Crippen molar-refractivity contribution in [3.05, 3.63) is 54.1 Å². The van der Waals surface area contributed by atoms with Crippen molar-refractivity contribution in [3.63, 3.8) is 0 Å². The second kappa shape index (κ2) is 14.9. The Bertz CT molecular complexity index is 1400. The summed E-state index contributed by atoms with van der Waals surface area (Å²) in [5.74, 6) is 1.68. The molecule has 13 nitrogen and oxygen atoms in total. The number of amides is 3. The molecule has 44 heavy (non-hydrogen) atoms. The zero-order valence-electron chi connectivity index (χ0n) is 25.6. The van der Waals surface area contributed by atoms with Crippen LogP contribution < -0.4 is 25.8 Å². The second-order valence-corrected chi connectivity index (χ2v) is 11.1. The maximum absolute atomic E-state index is 12.7. The van der Waals surface area contributed by atoms with E-state index in [0.29, 0.717) is 87.3 Å². The molecule has 3 N–H and O–H groups in total. The summed E-state index contributed by atoms with van der Waals surface area (Å²) in [6, 6.07) is 13.9. The predicted octanol–water partition coefficient (Wildman–Crippen LogP) is 2.93. The number of ether oxygens (including phenoxy) is 2. The van der Waals surface area contributed by atoms with E-state index in [2.05, 4.69) is 37.6 Å². The fourth-order valence-corrected chi connectivity index (χ4v) is 4.94. The predicted molar refractivity (Wildman–Crippen MR) is 171 cm³/mol. The summed E-state index contributed by atoms with van der Waals surface area (Å²) < 4.78 is 11.1. The van der Waals surface area contributed by atoms with Gasteiger partial charge in [0.2, 0.25) is 11.9 Å². The van der Waals surface area contributed by atoms with E-state index in [1.54, 1.807) is 24.3 Å². The number of carbonyl (C=O) groups is 2. The highest BCUT2D eigenvalue weighted by Crippen LogP contribution is 2.25. The van der Waals surface area contributed by atoms with Crippen LogP contribution in [0.1, 0.15) is 23.7 Å². The largest absolute Gasteiger partial charge is 0.378 e. The van der Waals surface area contributed by atoms with Crippen LogP contribution in [0.5, 0.6) is 0 Å². The highest BCUT2D eigenvalue weighted by atomic mass is 16.5. The maximum atomic E-state index is 12.7. The average molecular weight is 604 g/mol. The van der Waals surface area contributed by atoms with Crippen LogP contribution in [-0.2, 0) is 9.47 Å². The summed E-state index contributed by atoms with van der Waals surface area (Å²) in [6.45, 7) is 8.25. The van der Waals surface area contributed by atoms with E-state index in [0.717, 1.165) is 18.5 Å². The molecule has 2 saturated heterocycles. The molecule has 5 rings (SSSR count). The fourth-order valence-electron chi connectivity index (χ4n) is 4.94. The monoisotopic (exact) mass is 603 g/mol. The molecule has 2 aliphatic heterocycles. The molecular formula is C31H41N9O4. The van der Waals surface area contributed by atoms with E-state index < -0.39 is 6.03 Å². The lowest BCUT2D eigenvalue weighted by Crippen LogP contribution is -2.45. The van der Waals surface area contributed by atoms with Crippen molar-refractivity contribution in [2.45, 2.75) is 19.4 Å². The molecule has 0 unspecified atom stereocenters. The second-order valence-electron chi connectivity index (χ2n) is 11.1. The van der Waals surface area contributed by atoms with Crippen LogP contribution in [0.4, 0.5) is 28.1 Å². The van der Waals surface area contributed by atoms with E-state index >= 15 is 0 Å². The Hall–Kier alpha value is -4.33. The highest BCUT2D eigenvalue weighted by molar-refractivity contribution is 6.00. The van der Waals surface area contributed by atoms with Crippen molar-refractivity contribution < 1.29 is 19.1 Å². The average Bonchev–Trinajstić information content (AvgIpc) is 3.04. The lowest BCUT2D eigenvalue weighted by atomic mass is 10.2. The lowest BCUT2D eigenvalue weighted by Gasteiger charge is -2.34. The molecule has 3 amide bonds. The van der Waals surface area contributed by atoms with Gasteiger partial charge < -0.3 is 40.1 Å². The third-order valence-electron chi connectivity index (χ3n) is 7.40. The molecule has 13 heteroatoms. The van der Waals surface area contributed by atoms with E-state index in [4.69, 9.17) is 24.4 Å². The van der Waals surface area contributed by atoms with Crippen molar-refractivity contribution in [2.24, 2.45) is 0 Å². The van der Waals surface area contributed by atoms with Crippen molar-refractivity contribution in [2.75, 3.05) is 93.7 Å². The van der Waals surface area contributed by atoms with Crippen LogP contribution in [0.2, 0.25) is 0 Å². The molecule has 2 aliphatic rings. The Morgan fingerprint density at radius 3 is 2.16 bits per heavy atom. The number of urea groups is 1. The molecule has 1 atom stereocenters. The van der Waals surface area contributed by atoms with Crippen LogP contribution in [0.25, 0.3) is 11.4 Å². The van der Waals surface area contributed by atoms with Crippen LogP contribution in [0.15, 0.2) is 48.5 Å². The van der Waals surface area contributed by atoms with Gasteiger partial charge in [-0.25, -0.2) is 4.79 Å². The molecule has 1 aromatic heterocycles. The molecule has 2 fully saturated rings. The van der Waals surface area contributed by atoms with Crippen LogP contribution >= 0.6 is 0 Å². The molecule has 3 heterocycles. The standard InChI is InChI=1S/C31H41N9O4/c1-22-21-44-20-17-40(22)30-36-27(35-29(37-30)39-15-18-43-19-16-39)23-5-9-25(10-6-23)33-31(42)34-26-11-7-24(8-12-26)28(41)32-13-4-14-38(2)3/h5-12,22H,4,13-21H2,1-3H3,(H,32,41)(H2,33,34,42)/t22-/m0/s1. The third-order valence-corrected chi connectivity index (χ3v) is 7.40. The van der Waals surface area contributed by atoms with Gasteiger partial charge in [0, 0.05) is 48.7 Å². The summed E-state index contributed by atoms with van der Waals surface area (Å²) in [5, 5.41) is 8.57. The molecule has 0 saturated carbocycles. The number of rotatable bonds is 10. The van der Waals surface area contributed by atoms with Crippen molar-refractivity contribution in [3.8, 4) is 11.4 Å². The first kappa shape index (κ1) is 31.1. The summed E-state index contributed by atoms with van der Waals surface area (Å²) in [7, 11) is 4.00. The molecule has 0 bridgehead atoms. The minimum atomic E-state index is -0.392. The zero-order valence-corrected chi connectivity index (χ0v) is 25.6.